The number of pyridine rings is 1. The number of nitro benzene ring substituents is 1. The van der Waals surface area contributed by atoms with Gasteiger partial charge in [-0.05, 0) is 12.1 Å². The second-order valence-electron chi connectivity index (χ2n) is 5.06. The first-order valence-electron chi connectivity index (χ1n) is 6.37. The predicted molar refractivity (Wildman–Crippen MR) is 83.6 cm³/mol. The Morgan fingerprint density at radius 3 is 2.33 bits per heavy atom. The van der Waals surface area contributed by atoms with Crippen molar-refractivity contribution in [2.24, 2.45) is 0 Å². The van der Waals surface area contributed by atoms with Crippen molar-refractivity contribution in [3.05, 3.63) is 28.3 Å². The van der Waals surface area contributed by atoms with E-state index in [0.29, 0.717) is 10.9 Å². The SMILES string of the molecule is COc1ccc2nc(N(C)C)cc(N(C)C)c2c1[N+](=O)[O-]. The highest BCUT2D eigenvalue weighted by molar-refractivity contribution is 6.02. The molecule has 0 aliphatic carbocycles. The first kappa shape index (κ1) is 14.8. The van der Waals surface area contributed by atoms with Gasteiger partial charge in [0.2, 0.25) is 0 Å². The summed E-state index contributed by atoms with van der Waals surface area (Å²) in [5.41, 5.74) is 1.24. The zero-order valence-corrected chi connectivity index (χ0v) is 12.7. The average Bonchev–Trinajstić information content (AvgIpc) is 2.43. The molecule has 0 saturated heterocycles. The molecule has 0 N–H and O–H groups in total. The van der Waals surface area contributed by atoms with Gasteiger partial charge in [-0.1, -0.05) is 0 Å². The Hall–Kier alpha value is -2.57. The molecule has 2 aromatic rings. The Bertz CT molecular complexity index is 698. The lowest BCUT2D eigenvalue weighted by Gasteiger charge is -2.20. The number of aromatic nitrogens is 1. The zero-order chi connectivity index (χ0) is 15.7. The molecule has 0 saturated carbocycles. The summed E-state index contributed by atoms with van der Waals surface area (Å²) in [7, 11) is 8.87. The van der Waals surface area contributed by atoms with E-state index in [2.05, 4.69) is 4.98 Å². The monoisotopic (exact) mass is 290 g/mol. The molecule has 0 aliphatic heterocycles. The van der Waals surface area contributed by atoms with Gasteiger partial charge in [0.05, 0.1) is 23.2 Å². The summed E-state index contributed by atoms with van der Waals surface area (Å²) in [5, 5.41) is 11.9. The molecule has 1 aromatic heterocycles. The molecule has 7 heteroatoms. The molecule has 1 heterocycles. The van der Waals surface area contributed by atoms with Crippen LogP contribution in [0.2, 0.25) is 0 Å². The Labute approximate surface area is 122 Å². The molecule has 21 heavy (non-hydrogen) atoms. The maximum Gasteiger partial charge on any atom is 0.322 e. The van der Waals surface area contributed by atoms with E-state index in [1.807, 2.05) is 44.1 Å². The number of nitrogens with zero attached hydrogens (tertiary/aromatic N) is 4. The lowest BCUT2D eigenvalue weighted by molar-refractivity contribution is -0.383. The van der Waals surface area contributed by atoms with E-state index in [1.165, 1.54) is 7.11 Å². The van der Waals surface area contributed by atoms with Crippen molar-refractivity contribution in [3.8, 4) is 5.75 Å². The van der Waals surface area contributed by atoms with Crippen molar-refractivity contribution in [3.63, 3.8) is 0 Å². The second kappa shape index (κ2) is 5.43. The summed E-state index contributed by atoms with van der Waals surface area (Å²) >= 11 is 0. The minimum Gasteiger partial charge on any atom is -0.490 e. The Kier molecular flexibility index (Phi) is 3.84. The second-order valence-corrected chi connectivity index (χ2v) is 5.06. The fourth-order valence-corrected chi connectivity index (χ4v) is 2.19. The first-order valence-corrected chi connectivity index (χ1v) is 6.37. The summed E-state index contributed by atoms with van der Waals surface area (Å²) < 4.78 is 5.13. The van der Waals surface area contributed by atoms with Gasteiger partial charge in [0.25, 0.3) is 0 Å². The van der Waals surface area contributed by atoms with Gasteiger partial charge >= 0.3 is 5.69 Å². The Morgan fingerprint density at radius 2 is 1.86 bits per heavy atom. The third kappa shape index (κ3) is 2.54. The van der Waals surface area contributed by atoms with Crippen LogP contribution < -0.4 is 14.5 Å². The molecule has 0 aliphatic rings. The highest BCUT2D eigenvalue weighted by atomic mass is 16.6. The molecule has 112 valence electrons. The van der Waals surface area contributed by atoms with E-state index in [9.17, 15) is 10.1 Å². The van der Waals surface area contributed by atoms with Gasteiger partial charge in [-0.3, -0.25) is 10.1 Å². The molecule has 0 unspecified atom stereocenters. The van der Waals surface area contributed by atoms with E-state index >= 15 is 0 Å². The van der Waals surface area contributed by atoms with E-state index in [4.69, 9.17) is 4.74 Å². The average molecular weight is 290 g/mol. The molecule has 0 spiro atoms. The van der Waals surface area contributed by atoms with E-state index in [-0.39, 0.29) is 11.4 Å². The first-order chi connectivity index (χ1) is 9.86. The smallest absolute Gasteiger partial charge is 0.322 e. The van der Waals surface area contributed by atoms with Gasteiger partial charge in [0.15, 0.2) is 5.75 Å². The van der Waals surface area contributed by atoms with E-state index < -0.39 is 4.92 Å². The Balaban J connectivity index is 2.94. The van der Waals surface area contributed by atoms with E-state index in [0.717, 1.165) is 11.5 Å². The molecule has 7 nitrogen and oxygen atoms in total. The topological polar surface area (TPSA) is 71.7 Å². The zero-order valence-electron chi connectivity index (χ0n) is 12.7. The maximum absolute atomic E-state index is 11.5. The molecular weight excluding hydrogens is 272 g/mol. The van der Waals surface area contributed by atoms with Gasteiger partial charge in [-0.2, -0.15) is 0 Å². The van der Waals surface area contributed by atoms with Crippen molar-refractivity contribution in [2.45, 2.75) is 0 Å². The standard InChI is InChI=1S/C14H18N4O3/c1-16(2)10-8-12(17(3)4)15-9-6-7-11(21-5)14(13(9)10)18(19)20/h6-8H,1-5H3. The number of anilines is 2. The fourth-order valence-electron chi connectivity index (χ4n) is 2.19. The number of fused-ring (bicyclic) bond motifs is 1. The van der Waals surface area contributed by atoms with E-state index in [1.54, 1.807) is 12.1 Å². The van der Waals surface area contributed by atoms with Gasteiger partial charge < -0.3 is 14.5 Å². The number of rotatable bonds is 4. The normalized spacial score (nSPS) is 10.5. The van der Waals surface area contributed by atoms with Gasteiger partial charge in [-0.15, -0.1) is 0 Å². The molecule has 0 radical (unpaired) electrons. The predicted octanol–water partition coefficient (Wildman–Crippen LogP) is 2.28. The minimum absolute atomic E-state index is 0.0588. The molecule has 0 fully saturated rings. The lowest BCUT2D eigenvalue weighted by atomic mass is 10.1. The van der Waals surface area contributed by atoms with Crippen molar-refractivity contribution in [1.82, 2.24) is 4.98 Å². The quantitative estimate of drug-likeness (QED) is 0.635. The molecule has 0 bridgehead atoms. The molecule has 0 atom stereocenters. The third-order valence-corrected chi connectivity index (χ3v) is 3.22. The largest absolute Gasteiger partial charge is 0.490 e. The van der Waals surface area contributed by atoms with Crippen molar-refractivity contribution >= 4 is 28.1 Å². The van der Waals surface area contributed by atoms with Crippen LogP contribution >= 0.6 is 0 Å². The number of ether oxygens (including phenoxy) is 1. The van der Waals surface area contributed by atoms with Gasteiger partial charge in [-0.25, -0.2) is 4.98 Å². The Morgan fingerprint density at radius 1 is 1.19 bits per heavy atom. The van der Waals surface area contributed by atoms with Crippen LogP contribution in [0.25, 0.3) is 10.9 Å². The van der Waals surface area contributed by atoms with Crippen LogP contribution in [0.4, 0.5) is 17.2 Å². The van der Waals surface area contributed by atoms with Gasteiger partial charge in [0, 0.05) is 34.3 Å². The number of benzene rings is 1. The van der Waals surface area contributed by atoms with Crippen LogP contribution in [0.1, 0.15) is 0 Å². The summed E-state index contributed by atoms with van der Waals surface area (Å²) in [4.78, 5) is 19.2. The van der Waals surface area contributed by atoms with Crippen LogP contribution in [0.3, 0.4) is 0 Å². The van der Waals surface area contributed by atoms with Gasteiger partial charge in [0.1, 0.15) is 11.2 Å². The number of hydrogen-bond acceptors (Lipinski definition) is 6. The summed E-state index contributed by atoms with van der Waals surface area (Å²) in [6.07, 6.45) is 0. The lowest BCUT2D eigenvalue weighted by Crippen LogP contribution is -2.15. The van der Waals surface area contributed by atoms with Crippen molar-refractivity contribution in [2.75, 3.05) is 45.1 Å². The molecule has 1 aromatic carbocycles. The van der Waals surface area contributed by atoms with Crippen molar-refractivity contribution < 1.29 is 9.66 Å². The van der Waals surface area contributed by atoms with Crippen LogP contribution in [0.15, 0.2) is 18.2 Å². The molecular formula is C14H18N4O3. The summed E-state index contributed by atoms with van der Waals surface area (Å²) in [6, 6.07) is 5.14. The highest BCUT2D eigenvalue weighted by Gasteiger charge is 2.24. The van der Waals surface area contributed by atoms with Crippen molar-refractivity contribution in [1.29, 1.82) is 0 Å². The highest BCUT2D eigenvalue weighted by Crippen LogP contribution is 2.40. The van der Waals surface area contributed by atoms with Crippen LogP contribution in [-0.2, 0) is 0 Å². The van der Waals surface area contributed by atoms with Crippen LogP contribution in [-0.4, -0.2) is 45.2 Å². The molecule has 0 amide bonds. The maximum atomic E-state index is 11.5. The summed E-state index contributed by atoms with van der Waals surface area (Å²) in [5.74, 6) is 0.973. The van der Waals surface area contributed by atoms with Crippen LogP contribution in [0, 0.1) is 10.1 Å². The molecule has 2 rings (SSSR count). The summed E-state index contributed by atoms with van der Waals surface area (Å²) in [6.45, 7) is 0. The number of methoxy groups -OCH3 is 1. The third-order valence-electron chi connectivity index (χ3n) is 3.22. The number of hydrogen-bond donors (Lipinski definition) is 0. The number of nitro groups is 1. The minimum atomic E-state index is -0.425. The fraction of sp³-hybridized carbons (Fsp3) is 0.357. The van der Waals surface area contributed by atoms with Crippen LogP contribution in [0.5, 0.6) is 5.75 Å².